The molecule has 1 aliphatic heterocycles. The number of benzene rings is 1. The highest BCUT2D eigenvalue weighted by Crippen LogP contribution is 2.26. The maximum Gasteiger partial charge on any atom is 0.257 e. The van der Waals surface area contributed by atoms with Gasteiger partial charge in [-0.05, 0) is 38.3 Å². The minimum atomic E-state index is -0.253. The molecular formula is C19H25N5O2. The summed E-state index contributed by atoms with van der Waals surface area (Å²) in [4.78, 5) is 26.4. The summed E-state index contributed by atoms with van der Waals surface area (Å²) in [6.07, 6.45) is 2.25. The minimum absolute atomic E-state index is 0.193. The molecule has 0 unspecified atom stereocenters. The minimum Gasteiger partial charge on any atom is -0.362 e. The summed E-state index contributed by atoms with van der Waals surface area (Å²) >= 11 is 0. The number of rotatable bonds is 4. The first kappa shape index (κ1) is 18.0. The van der Waals surface area contributed by atoms with E-state index in [9.17, 15) is 9.59 Å². The van der Waals surface area contributed by atoms with Gasteiger partial charge in [-0.15, -0.1) is 0 Å². The van der Waals surface area contributed by atoms with Gasteiger partial charge < -0.3 is 4.90 Å². The van der Waals surface area contributed by atoms with E-state index >= 15 is 0 Å². The number of para-hydroxylation sites is 1. The Morgan fingerprint density at radius 3 is 2.62 bits per heavy atom. The molecule has 0 aliphatic carbocycles. The number of fused-ring (bicyclic) bond motifs is 1. The third-order valence-electron chi connectivity index (χ3n) is 4.88. The Bertz CT molecular complexity index is 827. The number of nitrogens with zero attached hydrogens (tertiary/aromatic N) is 3. The smallest absolute Gasteiger partial charge is 0.257 e. The average molecular weight is 355 g/mol. The van der Waals surface area contributed by atoms with Gasteiger partial charge in [0.1, 0.15) is 0 Å². The molecule has 0 bridgehead atoms. The quantitative estimate of drug-likeness (QED) is 0.807. The lowest BCUT2D eigenvalue weighted by atomic mass is 10.0. The number of aromatic nitrogens is 2. The lowest BCUT2D eigenvalue weighted by Gasteiger charge is -2.30. The van der Waals surface area contributed by atoms with Crippen molar-refractivity contribution in [2.45, 2.75) is 33.1 Å². The van der Waals surface area contributed by atoms with Gasteiger partial charge in [0.25, 0.3) is 5.91 Å². The molecule has 1 aromatic carbocycles. The topological polar surface area (TPSA) is 79.3 Å². The molecule has 0 radical (unpaired) electrons. The summed E-state index contributed by atoms with van der Waals surface area (Å²) in [6.45, 7) is 4.87. The van der Waals surface area contributed by atoms with E-state index in [0.717, 1.165) is 42.0 Å². The number of hydrazine groups is 1. The molecular weight excluding hydrogens is 330 g/mol. The summed E-state index contributed by atoms with van der Waals surface area (Å²) in [7, 11) is 1.85. The van der Waals surface area contributed by atoms with Gasteiger partial charge in [0.2, 0.25) is 5.91 Å². The molecule has 0 atom stereocenters. The zero-order chi connectivity index (χ0) is 18.7. The Balaban J connectivity index is 1.52. The molecule has 0 fully saturated rings. The zero-order valence-corrected chi connectivity index (χ0v) is 15.5. The van der Waals surface area contributed by atoms with Crippen LogP contribution in [-0.2, 0) is 29.5 Å². The van der Waals surface area contributed by atoms with Crippen LogP contribution in [0.25, 0.3) is 0 Å². The van der Waals surface area contributed by atoms with Crippen LogP contribution >= 0.6 is 0 Å². The number of carbonyl (C=O) groups is 2. The van der Waals surface area contributed by atoms with E-state index in [0.29, 0.717) is 0 Å². The number of aryl methyl sites for hydroxylation is 3. The molecule has 7 heteroatoms. The predicted octanol–water partition coefficient (Wildman–Crippen LogP) is 1.18. The van der Waals surface area contributed by atoms with Crippen molar-refractivity contribution in [3.05, 3.63) is 46.8 Å². The largest absolute Gasteiger partial charge is 0.362 e. The molecule has 2 amide bonds. The second-order valence-electron chi connectivity index (χ2n) is 6.70. The summed E-state index contributed by atoms with van der Waals surface area (Å²) in [5.41, 5.74) is 10.1. The van der Waals surface area contributed by atoms with Gasteiger partial charge in [-0.2, -0.15) is 5.10 Å². The second kappa shape index (κ2) is 7.59. The summed E-state index contributed by atoms with van der Waals surface area (Å²) < 4.78 is 1.75. The summed E-state index contributed by atoms with van der Waals surface area (Å²) in [5, 5.41) is 4.30. The standard InChI is InChI=1S/C19H25N5O2/c1-13-16(14(2)23(3)22-13)11-18(25)20-21-19(26)12-24-10-6-8-15-7-4-5-9-17(15)24/h4-5,7,9H,6,8,10-12H2,1-3H3,(H,20,25)(H,21,26). The van der Waals surface area contributed by atoms with Crippen molar-refractivity contribution >= 4 is 17.5 Å². The van der Waals surface area contributed by atoms with Crippen LogP contribution in [-0.4, -0.2) is 34.7 Å². The monoisotopic (exact) mass is 355 g/mol. The van der Waals surface area contributed by atoms with Crippen LogP contribution < -0.4 is 15.8 Å². The average Bonchev–Trinajstić information content (AvgIpc) is 2.86. The molecule has 2 heterocycles. The fourth-order valence-electron chi connectivity index (χ4n) is 3.41. The molecule has 7 nitrogen and oxygen atoms in total. The van der Waals surface area contributed by atoms with E-state index in [1.54, 1.807) is 4.68 Å². The maximum absolute atomic E-state index is 12.2. The van der Waals surface area contributed by atoms with Gasteiger partial charge in [0.05, 0.1) is 18.7 Å². The summed E-state index contributed by atoms with van der Waals surface area (Å²) in [6, 6.07) is 8.13. The molecule has 0 saturated heterocycles. The van der Waals surface area contributed by atoms with Gasteiger partial charge in [0.15, 0.2) is 0 Å². The van der Waals surface area contributed by atoms with Crippen LogP contribution in [0.4, 0.5) is 5.69 Å². The molecule has 26 heavy (non-hydrogen) atoms. The lowest BCUT2D eigenvalue weighted by Crippen LogP contribution is -2.47. The Morgan fingerprint density at radius 1 is 1.15 bits per heavy atom. The Labute approximate surface area is 153 Å². The predicted molar refractivity (Wildman–Crippen MR) is 99.6 cm³/mol. The van der Waals surface area contributed by atoms with Crippen LogP contribution in [0, 0.1) is 13.8 Å². The second-order valence-corrected chi connectivity index (χ2v) is 6.70. The van der Waals surface area contributed by atoms with Crippen molar-refractivity contribution in [2.75, 3.05) is 18.0 Å². The number of hydrogen-bond acceptors (Lipinski definition) is 4. The van der Waals surface area contributed by atoms with E-state index in [-0.39, 0.29) is 24.8 Å². The summed E-state index contributed by atoms with van der Waals surface area (Å²) in [5.74, 6) is -0.480. The molecule has 2 aromatic rings. The van der Waals surface area contributed by atoms with Gasteiger partial charge in [-0.3, -0.25) is 25.1 Å². The molecule has 0 saturated carbocycles. The third-order valence-corrected chi connectivity index (χ3v) is 4.88. The lowest BCUT2D eigenvalue weighted by molar-refractivity contribution is -0.127. The van der Waals surface area contributed by atoms with Crippen molar-refractivity contribution < 1.29 is 9.59 Å². The highest BCUT2D eigenvalue weighted by atomic mass is 16.2. The molecule has 3 rings (SSSR count). The van der Waals surface area contributed by atoms with E-state index in [4.69, 9.17) is 0 Å². The molecule has 138 valence electrons. The Hall–Kier alpha value is -2.83. The van der Waals surface area contributed by atoms with Crippen LogP contribution in [0.15, 0.2) is 24.3 Å². The molecule has 0 spiro atoms. The van der Waals surface area contributed by atoms with Crippen molar-refractivity contribution in [3.63, 3.8) is 0 Å². The van der Waals surface area contributed by atoms with Crippen molar-refractivity contribution in [1.82, 2.24) is 20.6 Å². The van der Waals surface area contributed by atoms with Crippen molar-refractivity contribution in [1.29, 1.82) is 0 Å². The van der Waals surface area contributed by atoms with Gasteiger partial charge in [0, 0.05) is 30.5 Å². The van der Waals surface area contributed by atoms with Crippen LogP contribution in [0.2, 0.25) is 0 Å². The van der Waals surface area contributed by atoms with E-state index < -0.39 is 0 Å². The van der Waals surface area contributed by atoms with E-state index in [1.165, 1.54) is 5.56 Å². The first-order valence-corrected chi connectivity index (χ1v) is 8.85. The number of amides is 2. The van der Waals surface area contributed by atoms with Gasteiger partial charge in [-0.25, -0.2) is 0 Å². The van der Waals surface area contributed by atoms with Gasteiger partial charge >= 0.3 is 0 Å². The number of anilines is 1. The number of carbonyl (C=O) groups excluding carboxylic acids is 2. The van der Waals surface area contributed by atoms with Crippen molar-refractivity contribution in [2.24, 2.45) is 7.05 Å². The normalized spacial score (nSPS) is 13.3. The fourth-order valence-corrected chi connectivity index (χ4v) is 3.41. The van der Waals surface area contributed by atoms with Crippen LogP contribution in [0.1, 0.15) is 28.9 Å². The van der Waals surface area contributed by atoms with Crippen LogP contribution in [0.3, 0.4) is 0 Å². The SMILES string of the molecule is Cc1nn(C)c(C)c1CC(=O)NNC(=O)CN1CCCc2ccccc21. The van der Waals surface area contributed by atoms with Gasteiger partial charge in [-0.1, -0.05) is 18.2 Å². The first-order chi connectivity index (χ1) is 12.5. The Morgan fingerprint density at radius 2 is 1.88 bits per heavy atom. The maximum atomic E-state index is 12.2. The number of nitrogens with one attached hydrogen (secondary N) is 2. The van der Waals surface area contributed by atoms with Crippen LogP contribution in [0.5, 0.6) is 0 Å². The Kier molecular flexibility index (Phi) is 5.25. The van der Waals surface area contributed by atoms with E-state index in [2.05, 4.69) is 26.9 Å². The number of hydrogen-bond donors (Lipinski definition) is 2. The molecule has 2 N–H and O–H groups in total. The van der Waals surface area contributed by atoms with Crippen molar-refractivity contribution in [3.8, 4) is 0 Å². The molecule has 1 aromatic heterocycles. The fraction of sp³-hybridized carbons (Fsp3) is 0.421. The third kappa shape index (κ3) is 3.87. The highest BCUT2D eigenvalue weighted by molar-refractivity contribution is 5.86. The highest BCUT2D eigenvalue weighted by Gasteiger charge is 2.19. The first-order valence-electron chi connectivity index (χ1n) is 8.85. The van der Waals surface area contributed by atoms with E-state index in [1.807, 2.05) is 39.1 Å². The molecule has 1 aliphatic rings. The zero-order valence-electron chi connectivity index (χ0n) is 15.5.